The lowest BCUT2D eigenvalue weighted by atomic mass is 10.0. The minimum Gasteiger partial charge on any atom is -0.477 e. The lowest BCUT2D eigenvalue weighted by molar-refractivity contribution is -0.687. The maximum Gasteiger partial charge on any atom is 0.352 e. The van der Waals surface area contributed by atoms with Crippen LogP contribution in [0.5, 0.6) is 0 Å². The maximum absolute atomic E-state index is 13.0. The van der Waals surface area contributed by atoms with Gasteiger partial charge in [-0.15, -0.1) is 11.8 Å². The van der Waals surface area contributed by atoms with Gasteiger partial charge in [0.1, 0.15) is 23.7 Å². The number of rotatable bonds is 10. The average Bonchev–Trinajstić information content (AvgIpc) is 3.32. The molecule has 6 N–H and O–H groups in total. The van der Waals surface area contributed by atoms with E-state index in [0.29, 0.717) is 23.4 Å². The molecule has 14 nitrogen and oxygen atoms in total. The van der Waals surface area contributed by atoms with Crippen LogP contribution in [0.3, 0.4) is 0 Å². The number of thioether (sulfide) groups is 1. The molecule has 1 saturated heterocycles. The van der Waals surface area contributed by atoms with Crippen LogP contribution < -0.4 is 21.4 Å². The minimum absolute atomic E-state index is 0.0425. The van der Waals surface area contributed by atoms with Gasteiger partial charge in [0, 0.05) is 29.4 Å². The standard InChI is InChI=1S/C22H22N8O6S2/c1-2-36-27-13(17-26-22(24)38-28-17)18(32)25-14-19(33)30-15(21(34)35)12(10-37-20(14)30)4-3-7-29-8-5-11(6-9-29)16(23)31/h3-6,8-9,14,20H,2,7,10H2,1H3,(H5-,23,24,25,26,28,31,32,34,35)/p+1/t14?,20-/m0/s1. The number of hydrogen-bond donors (Lipinski definition) is 4. The molecule has 2 aromatic rings. The highest BCUT2D eigenvalue weighted by Gasteiger charge is 2.54. The van der Waals surface area contributed by atoms with Crippen LogP contribution in [0.1, 0.15) is 23.1 Å². The lowest BCUT2D eigenvalue weighted by Gasteiger charge is -2.49. The lowest BCUT2D eigenvalue weighted by Crippen LogP contribution is -2.71. The van der Waals surface area contributed by atoms with E-state index in [1.54, 1.807) is 48.2 Å². The summed E-state index contributed by atoms with van der Waals surface area (Å²) in [5.41, 5.74) is 11.3. The molecule has 3 amide bonds. The number of nitrogens with zero attached hydrogens (tertiary/aromatic N) is 5. The maximum atomic E-state index is 13.0. The largest absolute Gasteiger partial charge is 0.477 e. The summed E-state index contributed by atoms with van der Waals surface area (Å²) in [6.45, 7) is 2.26. The van der Waals surface area contributed by atoms with Gasteiger partial charge in [0.05, 0.1) is 5.56 Å². The molecular weight excluding hydrogens is 536 g/mol. The summed E-state index contributed by atoms with van der Waals surface area (Å²) in [5, 5.41) is 15.7. The van der Waals surface area contributed by atoms with Crippen molar-refractivity contribution in [2.24, 2.45) is 10.9 Å². The Morgan fingerprint density at radius 1 is 1.37 bits per heavy atom. The summed E-state index contributed by atoms with van der Waals surface area (Å²) in [7, 11) is 0. The topological polar surface area (TPSA) is 207 Å². The van der Waals surface area contributed by atoms with Crippen LogP contribution >= 0.6 is 23.3 Å². The first-order chi connectivity index (χ1) is 18.2. The molecule has 2 atom stereocenters. The number of β-lactam (4-membered cyclic amide) rings is 1. The second kappa shape index (κ2) is 11.4. The van der Waals surface area contributed by atoms with Crippen LogP contribution in [0.2, 0.25) is 0 Å². The third-order valence-electron chi connectivity index (χ3n) is 5.45. The number of allylic oxidation sites excluding steroid dienone is 2. The number of nitrogens with two attached hydrogens (primary N) is 2. The SMILES string of the molecule is CCON=C(C(=O)NC1C(=O)N2C(C(=O)O)=C(C=CC[n+]3ccc(C(N)=O)cc3)CS[C@@H]12)c1nsc(N)n1. The number of hydrogen-bond acceptors (Lipinski definition) is 11. The van der Waals surface area contributed by atoms with Crippen molar-refractivity contribution >= 4 is 57.8 Å². The van der Waals surface area contributed by atoms with Gasteiger partial charge in [0.25, 0.3) is 11.8 Å². The van der Waals surface area contributed by atoms with Gasteiger partial charge in [0.15, 0.2) is 24.1 Å². The number of fused-ring (bicyclic) bond motifs is 1. The number of carboxylic acid groups (broad SMARTS) is 1. The molecule has 0 radical (unpaired) electrons. The fourth-order valence-electron chi connectivity index (χ4n) is 3.68. The number of nitrogens with one attached hydrogen (secondary N) is 1. The fraction of sp³-hybridized carbons (Fsp3) is 0.273. The Kier molecular flexibility index (Phi) is 8.02. The van der Waals surface area contributed by atoms with Crippen molar-refractivity contribution in [2.75, 3.05) is 18.1 Å². The van der Waals surface area contributed by atoms with Crippen molar-refractivity contribution in [3.63, 3.8) is 0 Å². The van der Waals surface area contributed by atoms with Gasteiger partial charge in [-0.05, 0) is 18.6 Å². The van der Waals surface area contributed by atoms with Crippen LogP contribution in [0.25, 0.3) is 0 Å². The van der Waals surface area contributed by atoms with E-state index in [2.05, 4.69) is 19.8 Å². The van der Waals surface area contributed by atoms with Crippen molar-refractivity contribution in [2.45, 2.75) is 24.9 Å². The average molecular weight is 560 g/mol. The van der Waals surface area contributed by atoms with Crippen molar-refractivity contribution in [3.05, 3.63) is 59.3 Å². The number of aliphatic carboxylic acids is 1. The van der Waals surface area contributed by atoms with E-state index in [9.17, 15) is 24.3 Å². The van der Waals surface area contributed by atoms with Gasteiger partial charge >= 0.3 is 5.97 Å². The Morgan fingerprint density at radius 2 is 2.11 bits per heavy atom. The van der Waals surface area contributed by atoms with E-state index in [0.717, 1.165) is 16.4 Å². The molecule has 1 fully saturated rings. The number of aromatic nitrogens is 3. The normalized spacial score (nSPS) is 19.2. The highest BCUT2D eigenvalue weighted by atomic mass is 32.2. The van der Waals surface area contributed by atoms with Crippen LogP contribution in [0.15, 0.2) is 53.1 Å². The first kappa shape index (κ1) is 26.7. The minimum atomic E-state index is -1.26. The van der Waals surface area contributed by atoms with Crippen molar-refractivity contribution in [3.8, 4) is 0 Å². The molecule has 2 aliphatic rings. The molecule has 4 rings (SSSR count). The van der Waals surface area contributed by atoms with E-state index in [1.807, 2.05) is 0 Å². The summed E-state index contributed by atoms with van der Waals surface area (Å²) < 4.78 is 5.74. The van der Waals surface area contributed by atoms with E-state index in [4.69, 9.17) is 16.3 Å². The summed E-state index contributed by atoms with van der Waals surface area (Å²) in [6, 6.07) is 2.18. The summed E-state index contributed by atoms with van der Waals surface area (Å²) in [4.78, 5) is 59.3. The Hall–Kier alpha value is -4.31. The highest BCUT2D eigenvalue weighted by Crippen LogP contribution is 2.40. The van der Waals surface area contributed by atoms with Crippen LogP contribution in [0.4, 0.5) is 5.13 Å². The molecule has 1 unspecified atom stereocenters. The molecule has 0 spiro atoms. The summed E-state index contributed by atoms with van der Waals surface area (Å²) >= 11 is 2.19. The molecule has 2 aromatic heterocycles. The quantitative estimate of drug-likeness (QED) is 0.124. The predicted molar refractivity (Wildman–Crippen MR) is 136 cm³/mol. The molecular formula is C22H23N8O6S2+. The zero-order valence-corrected chi connectivity index (χ0v) is 21.6. The van der Waals surface area contributed by atoms with Crippen LogP contribution in [-0.4, -0.2) is 72.5 Å². The second-order valence-electron chi connectivity index (χ2n) is 7.90. The van der Waals surface area contributed by atoms with Gasteiger partial charge in [0.2, 0.25) is 17.4 Å². The highest BCUT2D eigenvalue weighted by molar-refractivity contribution is 8.00. The number of oxime groups is 1. The van der Waals surface area contributed by atoms with Crippen LogP contribution in [0, 0.1) is 0 Å². The Bertz CT molecular complexity index is 1370. The molecule has 0 saturated carbocycles. The monoisotopic (exact) mass is 559 g/mol. The van der Waals surface area contributed by atoms with Gasteiger partial charge in [-0.1, -0.05) is 11.2 Å². The number of amides is 3. The number of pyridine rings is 1. The zero-order chi connectivity index (χ0) is 27.4. The molecule has 38 heavy (non-hydrogen) atoms. The number of primary amides is 1. The van der Waals surface area contributed by atoms with Gasteiger partial charge in [-0.25, -0.2) is 9.36 Å². The molecule has 0 aromatic carbocycles. The molecule has 0 aliphatic carbocycles. The van der Waals surface area contributed by atoms with Crippen molar-refractivity contribution < 1.29 is 33.7 Å². The fourth-order valence-corrected chi connectivity index (χ4v) is 5.44. The van der Waals surface area contributed by atoms with Gasteiger partial charge in [-0.3, -0.25) is 19.3 Å². The molecule has 2 aliphatic heterocycles. The van der Waals surface area contributed by atoms with E-state index in [1.165, 1.54) is 11.8 Å². The number of carbonyl (C=O) groups excluding carboxylic acids is 3. The number of carbonyl (C=O) groups is 4. The van der Waals surface area contributed by atoms with E-state index < -0.39 is 35.1 Å². The predicted octanol–water partition coefficient (Wildman–Crippen LogP) is -0.758. The van der Waals surface area contributed by atoms with Crippen LogP contribution in [-0.2, 0) is 25.8 Å². The van der Waals surface area contributed by atoms with Gasteiger partial charge < -0.3 is 26.7 Å². The Balaban J connectivity index is 1.47. The first-order valence-corrected chi connectivity index (χ1v) is 13.0. The number of nitrogen functional groups attached to an aromatic ring is 1. The third-order valence-corrected chi connectivity index (χ3v) is 7.30. The summed E-state index contributed by atoms with van der Waals surface area (Å²) in [6.07, 6.45) is 6.74. The van der Waals surface area contributed by atoms with Gasteiger partial charge in [-0.2, -0.15) is 9.36 Å². The second-order valence-corrected chi connectivity index (χ2v) is 9.79. The number of anilines is 1. The van der Waals surface area contributed by atoms with Crippen molar-refractivity contribution in [1.29, 1.82) is 0 Å². The third kappa shape index (κ3) is 5.50. The number of carboxylic acids is 1. The Labute approximate surface area is 224 Å². The van der Waals surface area contributed by atoms with E-state index >= 15 is 0 Å². The molecule has 0 bridgehead atoms. The Morgan fingerprint density at radius 3 is 2.71 bits per heavy atom. The van der Waals surface area contributed by atoms with Crippen molar-refractivity contribution in [1.82, 2.24) is 19.6 Å². The molecule has 4 heterocycles. The summed E-state index contributed by atoms with van der Waals surface area (Å²) in [5.74, 6) is -2.86. The molecule has 16 heteroatoms. The molecule has 198 valence electrons. The van der Waals surface area contributed by atoms with E-state index in [-0.39, 0.29) is 29.0 Å². The first-order valence-electron chi connectivity index (χ1n) is 11.2. The smallest absolute Gasteiger partial charge is 0.352 e. The zero-order valence-electron chi connectivity index (χ0n) is 19.9.